The third-order valence-corrected chi connectivity index (χ3v) is 4.03. The quantitative estimate of drug-likeness (QED) is 0.619. The SMILES string of the molecule is COc1cccc2c1C=C(c1ccccc1[N+](=O)[O-])CCC2. The van der Waals surface area contributed by atoms with Gasteiger partial charge >= 0.3 is 0 Å². The molecule has 4 nitrogen and oxygen atoms in total. The summed E-state index contributed by atoms with van der Waals surface area (Å²) in [6.45, 7) is 0. The van der Waals surface area contributed by atoms with Crippen LogP contribution >= 0.6 is 0 Å². The van der Waals surface area contributed by atoms with Gasteiger partial charge in [-0.1, -0.05) is 24.3 Å². The number of para-hydroxylation sites is 1. The largest absolute Gasteiger partial charge is 0.496 e. The molecule has 3 rings (SSSR count). The Morgan fingerprint density at radius 3 is 2.68 bits per heavy atom. The minimum Gasteiger partial charge on any atom is -0.496 e. The molecule has 0 saturated heterocycles. The molecule has 2 aromatic carbocycles. The Morgan fingerprint density at radius 2 is 1.91 bits per heavy atom. The summed E-state index contributed by atoms with van der Waals surface area (Å²) in [6.07, 6.45) is 4.79. The molecule has 0 amide bonds. The standard InChI is InChI=1S/C18H17NO3/c1-22-18-11-5-7-13-6-4-8-14(12-16(13)18)15-9-2-3-10-17(15)19(20)21/h2-3,5,7,9-12H,4,6,8H2,1H3. The van der Waals surface area contributed by atoms with Crippen LogP contribution in [0.4, 0.5) is 5.69 Å². The Labute approximate surface area is 129 Å². The molecule has 0 radical (unpaired) electrons. The maximum absolute atomic E-state index is 11.3. The van der Waals surface area contributed by atoms with Crippen molar-refractivity contribution in [2.75, 3.05) is 7.11 Å². The van der Waals surface area contributed by atoms with E-state index in [1.807, 2.05) is 30.3 Å². The van der Waals surface area contributed by atoms with Crippen LogP contribution < -0.4 is 4.74 Å². The van der Waals surface area contributed by atoms with Gasteiger partial charge in [-0.2, -0.15) is 0 Å². The molecule has 0 spiro atoms. The van der Waals surface area contributed by atoms with Crippen LogP contribution in [0.1, 0.15) is 29.5 Å². The average molecular weight is 295 g/mol. The van der Waals surface area contributed by atoms with E-state index in [-0.39, 0.29) is 10.6 Å². The number of hydrogen-bond donors (Lipinski definition) is 0. The number of nitro benzene ring substituents is 1. The van der Waals surface area contributed by atoms with Gasteiger partial charge in [0.25, 0.3) is 5.69 Å². The molecule has 0 N–H and O–H groups in total. The molecule has 0 atom stereocenters. The lowest BCUT2D eigenvalue weighted by Gasteiger charge is -2.09. The van der Waals surface area contributed by atoms with Gasteiger partial charge in [0.1, 0.15) is 5.75 Å². The van der Waals surface area contributed by atoms with Crippen molar-refractivity contribution in [1.82, 2.24) is 0 Å². The number of ether oxygens (including phenoxy) is 1. The second kappa shape index (κ2) is 6.02. The van der Waals surface area contributed by atoms with Gasteiger partial charge < -0.3 is 4.74 Å². The molecule has 0 unspecified atom stereocenters. The van der Waals surface area contributed by atoms with E-state index in [0.717, 1.165) is 36.1 Å². The Kier molecular flexibility index (Phi) is 3.92. The van der Waals surface area contributed by atoms with Crippen LogP contribution in [-0.4, -0.2) is 12.0 Å². The van der Waals surface area contributed by atoms with Crippen LogP contribution in [-0.2, 0) is 6.42 Å². The number of hydrogen-bond acceptors (Lipinski definition) is 3. The molecule has 1 aliphatic carbocycles. The predicted molar refractivity (Wildman–Crippen MR) is 86.9 cm³/mol. The van der Waals surface area contributed by atoms with Crippen LogP contribution in [0, 0.1) is 10.1 Å². The number of nitro groups is 1. The van der Waals surface area contributed by atoms with E-state index in [1.54, 1.807) is 19.2 Å². The molecular formula is C18H17NO3. The van der Waals surface area contributed by atoms with Crippen molar-refractivity contribution in [3.63, 3.8) is 0 Å². The summed E-state index contributed by atoms with van der Waals surface area (Å²) in [4.78, 5) is 11.0. The second-order valence-electron chi connectivity index (χ2n) is 5.33. The lowest BCUT2D eigenvalue weighted by atomic mass is 9.98. The fourth-order valence-corrected chi connectivity index (χ4v) is 2.98. The van der Waals surface area contributed by atoms with E-state index in [9.17, 15) is 10.1 Å². The lowest BCUT2D eigenvalue weighted by Crippen LogP contribution is -1.95. The zero-order chi connectivity index (χ0) is 15.5. The van der Waals surface area contributed by atoms with E-state index >= 15 is 0 Å². The van der Waals surface area contributed by atoms with Gasteiger partial charge in [-0.25, -0.2) is 0 Å². The highest BCUT2D eigenvalue weighted by molar-refractivity contribution is 5.87. The van der Waals surface area contributed by atoms with Crippen LogP contribution in [0.25, 0.3) is 11.6 Å². The summed E-state index contributed by atoms with van der Waals surface area (Å²) >= 11 is 0. The first-order chi connectivity index (χ1) is 10.7. The number of nitrogens with zero attached hydrogens (tertiary/aromatic N) is 1. The van der Waals surface area contributed by atoms with Gasteiger partial charge in [-0.05, 0) is 48.6 Å². The van der Waals surface area contributed by atoms with Gasteiger partial charge in [0, 0.05) is 11.6 Å². The maximum atomic E-state index is 11.3. The Bertz CT molecular complexity index is 750. The average Bonchev–Trinajstić information content (AvgIpc) is 2.76. The number of fused-ring (bicyclic) bond motifs is 1. The molecular weight excluding hydrogens is 278 g/mol. The van der Waals surface area contributed by atoms with Crippen molar-refractivity contribution in [1.29, 1.82) is 0 Å². The topological polar surface area (TPSA) is 52.4 Å². The van der Waals surface area contributed by atoms with Crippen LogP contribution in [0.2, 0.25) is 0 Å². The smallest absolute Gasteiger partial charge is 0.276 e. The molecule has 0 saturated carbocycles. The van der Waals surface area contributed by atoms with Gasteiger partial charge in [-0.3, -0.25) is 10.1 Å². The van der Waals surface area contributed by atoms with E-state index in [2.05, 4.69) is 6.07 Å². The molecule has 112 valence electrons. The second-order valence-corrected chi connectivity index (χ2v) is 5.33. The third-order valence-electron chi connectivity index (χ3n) is 4.03. The number of aryl methyl sites for hydroxylation is 1. The monoisotopic (exact) mass is 295 g/mol. The summed E-state index contributed by atoms with van der Waals surface area (Å²) in [6, 6.07) is 12.9. The lowest BCUT2D eigenvalue weighted by molar-refractivity contribution is -0.385. The van der Waals surface area contributed by atoms with Crippen molar-refractivity contribution in [3.8, 4) is 5.75 Å². The first kappa shape index (κ1) is 14.3. The highest BCUT2D eigenvalue weighted by Gasteiger charge is 2.19. The van der Waals surface area contributed by atoms with E-state index in [0.29, 0.717) is 5.56 Å². The Balaban J connectivity index is 2.16. The molecule has 22 heavy (non-hydrogen) atoms. The van der Waals surface area contributed by atoms with Crippen molar-refractivity contribution >= 4 is 17.3 Å². The van der Waals surface area contributed by atoms with Gasteiger partial charge in [0.15, 0.2) is 0 Å². The van der Waals surface area contributed by atoms with Crippen LogP contribution in [0.5, 0.6) is 5.75 Å². The molecule has 0 bridgehead atoms. The number of allylic oxidation sites excluding steroid dienone is 1. The normalized spacial score (nSPS) is 13.8. The highest BCUT2D eigenvalue weighted by Crippen LogP contribution is 2.36. The number of rotatable bonds is 3. The third kappa shape index (κ3) is 2.60. The summed E-state index contributed by atoms with van der Waals surface area (Å²) in [5, 5.41) is 11.3. The zero-order valence-corrected chi connectivity index (χ0v) is 12.4. The highest BCUT2D eigenvalue weighted by atomic mass is 16.6. The summed E-state index contributed by atoms with van der Waals surface area (Å²) < 4.78 is 5.45. The first-order valence-electron chi connectivity index (χ1n) is 7.31. The molecule has 1 aliphatic rings. The Morgan fingerprint density at radius 1 is 1.09 bits per heavy atom. The van der Waals surface area contributed by atoms with Crippen molar-refractivity contribution in [2.24, 2.45) is 0 Å². The van der Waals surface area contributed by atoms with Crippen molar-refractivity contribution in [2.45, 2.75) is 19.3 Å². The van der Waals surface area contributed by atoms with E-state index < -0.39 is 0 Å². The minimum absolute atomic E-state index is 0.159. The predicted octanol–water partition coefficient (Wildman–Crippen LogP) is 4.48. The molecule has 0 aromatic heterocycles. The molecule has 4 heteroatoms. The zero-order valence-electron chi connectivity index (χ0n) is 12.4. The maximum Gasteiger partial charge on any atom is 0.276 e. The van der Waals surface area contributed by atoms with E-state index in [4.69, 9.17) is 4.74 Å². The number of methoxy groups -OCH3 is 1. The summed E-state index contributed by atoms with van der Waals surface area (Å²) in [5.41, 5.74) is 4.12. The molecule has 0 fully saturated rings. The van der Waals surface area contributed by atoms with Crippen LogP contribution in [0.3, 0.4) is 0 Å². The summed E-state index contributed by atoms with van der Waals surface area (Å²) in [5.74, 6) is 0.815. The number of benzene rings is 2. The fourth-order valence-electron chi connectivity index (χ4n) is 2.98. The minimum atomic E-state index is -0.315. The molecule has 0 heterocycles. The fraction of sp³-hybridized carbons (Fsp3) is 0.222. The van der Waals surface area contributed by atoms with Gasteiger partial charge in [0.2, 0.25) is 0 Å². The van der Waals surface area contributed by atoms with Gasteiger partial charge in [-0.15, -0.1) is 0 Å². The Hall–Kier alpha value is -2.62. The van der Waals surface area contributed by atoms with E-state index in [1.165, 1.54) is 5.56 Å². The van der Waals surface area contributed by atoms with Crippen molar-refractivity contribution in [3.05, 3.63) is 69.3 Å². The van der Waals surface area contributed by atoms with Gasteiger partial charge in [0.05, 0.1) is 17.6 Å². The molecule has 2 aromatic rings. The van der Waals surface area contributed by atoms with Crippen molar-refractivity contribution < 1.29 is 9.66 Å². The first-order valence-corrected chi connectivity index (χ1v) is 7.31. The summed E-state index contributed by atoms with van der Waals surface area (Å²) in [7, 11) is 1.65. The van der Waals surface area contributed by atoms with Crippen LogP contribution in [0.15, 0.2) is 42.5 Å². The molecule has 0 aliphatic heterocycles.